The highest BCUT2D eigenvalue weighted by molar-refractivity contribution is 5.10. The Balaban J connectivity index is 1.62. The third-order valence-corrected chi connectivity index (χ3v) is 2.38. The smallest absolute Gasteiger partial charge is 0.106 e. The fourth-order valence-electron chi connectivity index (χ4n) is 1.46. The third kappa shape index (κ3) is 1.92. The average Bonchev–Trinajstić information content (AvgIpc) is 2.96. The van der Waals surface area contributed by atoms with Gasteiger partial charge in [-0.05, 0) is 12.1 Å². The van der Waals surface area contributed by atoms with Crippen molar-refractivity contribution < 1.29 is 13.9 Å². The van der Waals surface area contributed by atoms with Gasteiger partial charge >= 0.3 is 0 Å². The Morgan fingerprint density at radius 3 is 1.85 bits per heavy atom. The summed E-state index contributed by atoms with van der Waals surface area (Å²) in [4.78, 5) is 0. The van der Waals surface area contributed by atoms with Crippen LogP contribution in [0.3, 0.4) is 0 Å². The summed E-state index contributed by atoms with van der Waals surface area (Å²) in [5.41, 5.74) is 0. The Morgan fingerprint density at radius 2 is 1.46 bits per heavy atom. The van der Waals surface area contributed by atoms with Crippen molar-refractivity contribution in [3.63, 3.8) is 0 Å². The van der Waals surface area contributed by atoms with Crippen LogP contribution >= 0.6 is 0 Å². The molecule has 0 saturated carbocycles. The molecule has 2 aliphatic heterocycles. The van der Waals surface area contributed by atoms with Crippen molar-refractivity contribution >= 4 is 0 Å². The number of hydrogen-bond donors (Lipinski definition) is 0. The summed E-state index contributed by atoms with van der Waals surface area (Å²) in [6, 6.07) is 4.08. The molecular weight excluding hydrogens is 168 g/mol. The molecule has 0 bridgehead atoms. The maximum Gasteiger partial charge on any atom is 0.106 e. The second-order valence-corrected chi connectivity index (χ2v) is 3.69. The molecule has 0 N–H and O–H groups in total. The van der Waals surface area contributed by atoms with Crippen molar-refractivity contribution in [3.05, 3.63) is 23.7 Å². The fraction of sp³-hybridized carbons (Fsp3) is 0.600. The van der Waals surface area contributed by atoms with Crippen LogP contribution in [0.15, 0.2) is 16.5 Å². The molecule has 0 spiro atoms. The van der Waals surface area contributed by atoms with Gasteiger partial charge in [-0.1, -0.05) is 0 Å². The first kappa shape index (κ1) is 7.59. The highest BCUT2D eigenvalue weighted by atomic mass is 16.6. The summed E-state index contributed by atoms with van der Waals surface area (Å²) >= 11 is 0. The van der Waals surface area contributed by atoms with Crippen molar-refractivity contribution in [2.45, 2.75) is 25.0 Å². The van der Waals surface area contributed by atoms with Crippen LogP contribution in [0.5, 0.6) is 0 Å². The van der Waals surface area contributed by atoms with Crippen LogP contribution in [0, 0.1) is 0 Å². The molecule has 2 saturated heterocycles. The lowest BCUT2D eigenvalue weighted by Crippen LogP contribution is -1.91. The topological polar surface area (TPSA) is 38.2 Å². The molecular formula is C10H12O3. The Hall–Kier alpha value is -0.800. The number of epoxide rings is 2. The minimum Gasteiger partial charge on any atom is -0.466 e. The molecule has 0 radical (unpaired) electrons. The molecule has 3 heteroatoms. The molecule has 0 amide bonds. The van der Waals surface area contributed by atoms with E-state index in [-0.39, 0.29) is 0 Å². The lowest BCUT2D eigenvalue weighted by Gasteiger charge is -1.92. The normalized spacial score (nSPS) is 30.5. The van der Waals surface area contributed by atoms with Crippen LogP contribution in [0.1, 0.15) is 11.5 Å². The minimum absolute atomic E-state index is 0.413. The van der Waals surface area contributed by atoms with Gasteiger partial charge < -0.3 is 13.9 Å². The minimum atomic E-state index is 0.413. The quantitative estimate of drug-likeness (QED) is 0.652. The molecule has 2 atom stereocenters. The number of rotatable bonds is 4. The first-order valence-corrected chi connectivity index (χ1v) is 4.71. The molecule has 2 fully saturated rings. The van der Waals surface area contributed by atoms with Gasteiger partial charge in [0.25, 0.3) is 0 Å². The molecule has 2 unspecified atom stereocenters. The molecule has 13 heavy (non-hydrogen) atoms. The second kappa shape index (κ2) is 2.86. The highest BCUT2D eigenvalue weighted by Gasteiger charge is 2.26. The van der Waals surface area contributed by atoms with Gasteiger partial charge in [-0.2, -0.15) is 0 Å². The Labute approximate surface area is 76.6 Å². The van der Waals surface area contributed by atoms with E-state index >= 15 is 0 Å². The summed E-state index contributed by atoms with van der Waals surface area (Å²) in [5.74, 6) is 2.08. The van der Waals surface area contributed by atoms with Crippen LogP contribution in [-0.2, 0) is 22.3 Å². The largest absolute Gasteiger partial charge is 0.466 e. The predicted molar refractivity (Wildman–Crippen MR) is 45.6 cm³/mol. The summed E-state index contributed by atoms with van der Waals surface area (Å²) < 4.78 is 15.9. The van der Waals surface area contributed by atoms with E-state index in [0.717, 1.165) is 37.6 Å². The molecule has 1 aromatic heterocycles. The van der Waals surface area contributed by atoms with E-state index in [0.29, 0.717) is 12.2 Å². The van der Waals surface area contributed by atoms with Gasteiger partial charge in [-0.15, -0.1) is 0 Å². The summed E-state index contributed by atoms with van der Waals surface area (Å²) in [7, 11) is 0. The van der Waals surface area contributed by atoms with Crippen molar-refractivity contribution in [1.29, 1.82) is 0 Å². The van der Waals surface area contributed by atoms with E-state index in [1.807, 2.05) is 12.1 Å². The van der Waals surface area contributed by atoms with Gasteiger partial charge in [0.2, 0.25) is 0 Å². The molecule has 3 heterocycles. The van der Waals surface area contributed by atoms with Crippen molar-refractivity contribution in [3.8, 4) is 0 Å². The third-order valence-electron chi connectivity index (χ3n) is 2.38. The van der Waals surface area contributed by atoms with E-state index in [9.17, 15) is 0 Å². The fourth-order valence-corrected chi connectivity index (χ4v) is 1.46. The van der Waals surface area contributed by atoms with E-state index in [4.69, 9.17) is 13.9 Å². The van der Waals surface area contributed by atoms with Gasteiger partial charge in [0.15, 0.2) is 0 Å². The van der Waals surface area contributed by atoms with Gasteiger partial charge in [0, 0.05) is 12.8 Å². The molecule has 3 rings (SSSR count). The molecule has 0 aromatic carbocycles. The van der Waals surface area contributed by atoms with Crippen LogP contribution in [0.25, 0.3) is 0 Å². The molecule has 1 aromatic rings. The standard InChI is InChI=1S/C10H12O3/c1-2-8(4-10-6-12-10)13-7(1)3-9-5-11-9/h1-2,9-10H,3-6H2. The summed E-state index contributed by atoms with van der Waals surface area (Å²) in [6.45, 7) is 1.78. The van der Waals surface area contributed by atoms with Gasteiger partial charge in [0.05, 0.1) is 25.4 Å². The second-order valence-electron chi connectivity index (χ2n) is 3.69. The lowest BCUT2D eigenvalue weighted by molar-refractivity contribution is 0.367. The summed E-state index contributed by atoms with van der Waals surface area (Å²) in [6.07, 6.45) is 2.67. The Bertz CT molecular complexity index is 268. The Morgan fingerprint density at radius 1 is 1.00 bits per heavy atom. The first-order valence-electron chi connectivity index (χ1n) is 4.71. The predicted octanol–water partition coefficient (Wildman–Crippen LogP) is 1.16. The van der Waals surface area contributed by atoms with Crippen LogP contribution in [0.2, 0.25) is 0 Å². The number of hydrogen-bond acceptors (Lipinski definition) is 3. The van der Waals surface area contributed by atoms with E-state index in [2.05, 4.69) is 0 Å². The number of ether oxygens (including phenoxy) is 2. The summed E-state index contributed by atoms with van der Waals surface area (Å²) in [5, 5.41) is 0. The van der Waals surface area contributed by atoms with Crippen LogP contribution in [0.4, 0.5) is 0 Å². The first-order chi connectivity index (χ1) is 6.40. The highest BCUT2D eigenvalue weighted by Crippen LogP contribution is 2.21. The van der Waals surface area contributed by atoms with Crippen LogP contribution < -0.4 is 0 Å². The monoisotopic (exact) mass is 180 g/mol. The van der Waals surface area contributed by atoms with E-state index in [1.165, 1.54) is 0 Å². The average molecular weight is 180 g/mol. The van der Waals surface area contributed by atoms with E-state index in [1.54, 1.807) is 0 Å². The molecule has 70 valence electrons. The zero-order chi connectivity index (χ0) is 8.67. The van der Waals surface area contributed by atoms with Crippen molar-refractivity contribution in [2.75, 3.05) is 13.2 Å². The molecule has 3 nitrogen and oxygen atoms in total. The van der Waals surface area contributed by atoms with Gasteiger partial charge in [0.1, 0.15) is 11.5 Å². The van der Waals surface area contributed by atoms with Crippen molar-refractivity contribution in [1.82, 2.24) is 0 Å². The van der Waals surface area contributed by atoms with Gasteiger partial charge in [-0.3, -0.25) is 0 Å². The maximum atomic E-state index is 5.63. The maximum absolute atomic E-state index is 5.63. The zero-order valence-electron chi connectivity index (χ0n) is 7.36. The SMILES string of the molecule is c1cc(CC2CO2)oc1CC1CO1. The lowest BCUT2D eigenvalue weighted by atomic mass is 10.2. The zero-order valence-corrected chi connectivity index (χ0v) is 7.36. The van der Waals surface area contributed by atoms with E-state index < -0.39 is 0 Å². The molecule has 0 aliphatic carbocycles. The van der Waals surface area contributed by atoms with Gasteiger partial charge in [-0.25, -0.2) is 0 Å². The molecule has 2 aliphatic rings. The number of furan rings is 1. The van der Waals surface area contributed by atoms with Crippen LogP contribution in [-0.4, -0.2) is 25.4 Å². The Kier molecular flexibility index (Phi) is 1.67. The van der Waals surface area contributed by atoms with Crippen molar-refractivity contribution in [2.24, 2.45) is 0 Å².